The molecule has 0 saturated heterocycles. The number of aryl methyl sites for hydroxylation is 4. The Bertz CT molecular complexity index is 7020. The second-order valence-corrected chi connectivity index (χ2v) is 42.7. The fourth-order valence-electron chi connectivity index (χ4n) is 14.6. The van der Waals surface area contributed by atoms with E-state index in [1.165, 1.54) is 60.7 Å². The van der Waals surface area contributed by atoms with Crippen molar-refractivity contribution in [3.8, 4) is 46.0 Å². The van der Waals surface area contributed by atoms with Crippen molar-refractivity contribution in [2.75, 3.05) is 13.2 Å². The standard InChI is InChI=1S/C55H46F6O7S.C53H52O9S3/c1-35-6-12-39(13-7-35)50(62)41-16-24-45(25-17-41)67-47-28-20-43(21-29-47)53(54(56,57)58,55(59,60)61)44-22-30-48(31-23-44)68-46-26-18-42(19-27-46)51(63)40-14-10-37(11-15-40)32-38-9-8-36(2)49(33-38)69(64,65)66-34-52(3,4)5;1-37-8-26-47(27-9-37)63(54,55)49-30-22-45(23-31-49)61-43-18-14-41(15-19-43)53(6,7)42-16-20-44(21-17-42)62-46-24-32-50(33-25-46)64(56,57)48-28-12-39(13-29-48)34-40-11-10-38(2)51(35-40)65(58,59)60-36-52(3,4)5/h6-31,33H,32,34H2,1-5H3;8-33,35H,34,36H2,1-7H3. The van der Waals surface area contributed by atoms with E-state index in [0.29, 0.717) is 75.8 Å². The number of carbonyl (C=O) groups excluding carboxylic acids is 2. The van der Waals surface area contributed by atoms with Crippen molar-refractivity contribution in [3.63, 3.8) is 0 Å². The normalized spacial score (nSPS) is 12.4. The lowest BCUT2D eigenvalue weighted by Crippen LogP contribution is -2.54. The van der Waals surface area contributed by atoms with Crippen LogP contribution in [-0.2, 0) is 71.9 Å². The Morgan fingerprint density at radius 1 is 0.269 bits per heavy atom. The number of sulfone groups is 2. The lowest BCUT2D eigenvalue weighted by Gasteiger charge is -2.38. The van der Waals surface area contributed by atoms with Gasteiger partial charge in [-0.1, -0.05) is 212 Å². The minimum absolute atomic E-state index is 0.0260. The lowest BCUT2D eigenvalue weighted by atomic mass is 9.73. The number of ether oxygens (including phenoxy) is 4. The van der Waals surface area contributed by atoms with Gasteiger partial charge in [0.2, 0.25) is 25.1 Å². The molecule has 0 N–H and O–H groups in total. The van der Waals surface area contributed by atoms with E-state index in [4.69, 9.17) is 27.3 Å². The van der Waals surface area contributed by atoms with Crippen LogP contribution in [-0.4, -0.2) is 70.8 Å². The van der Waals surface area contributed by atoms with E-state index >= 15 is 0 Å². The molecular formula is C108H98F6O16S4. The van der Waals surface area contributed by atoms with Crippen LogP contribution >= 0.6 is 0 Å². The summed E-state index contributed by atoms with van der Waals surface area (Å²) in [6, 6.07) is 84.4. The lowest BCUT2D eigenvalue weighted by molar-refractivity contribution is -0.288. The Morgan fingerprint density at radius 2 is 0.485 bits per heavy atom. The van der Waals surface area contributed by atoms with Crippen molar-refractivity contribution in [2.24, 2.45) is 10.8 Å². The summed E-state index contributed by atoms with van der Waals surface area (Å²) in [7, 11) is -15.4. The average Bonchev–Trinajstić information content (AvgIpc) is 0.713. The minimum atomic E-state index is -5.84. The monoisotopic (exact) mass is 1890 g/mol. The Balaban J connectivity index is 0.000000228. The van der Waals surface area contributed by atoms with E-state index in [-0.39, 0.29) is 99.0 Å². The van der Waals surface area contributed by atoms with Gasteiger partial charge in [0, 0.05) is 27.7 Å². The fraction of sp³-hybridized carbons (Fsp3) is 0.204. The third kappa shape index (κ3) is 23.6. The highest BCUT2D eigenvalue weighted by Crippen LogP contribution is 2.57. The van der Waals surface area contributed by atoms with Gasteiger partial charge in [0.05, 0.1) is 42.6 Å². The van der Waals surface area contributed by atoms with Gasteiger partial charge in [-0.15, -0.1) is 0 Å². The van der Waals surface area contributed by atoms with Crippen LogP contribution in [0.5, 0.6) is 46.0 Å². The second-order valence-electron chi connectivity index (χ2n) is 35.7. The fourth-order valence-corrected chi connectivity index (χ4v) is 19.9. The van der Waals surface area contributed by atoms with Crippen molar-refractivity contribution in [1.29, 1.82) is 0 Å². The summed E-state index contributed by atoms with van der Waals surface area (Å²) in [6.07, 6.45) is -10.9. The first-order chi connectivity index (χ1) is 63.0. The third-order valence-electron chi connectivity index (χ3n) is 22.3. The zero-order valence-corrected chi connectivity index (χ0v) is 78.7. The minimum Gasteiger partial charge on any atom is -0.457 e. The van der Waals surface area contributed by atoms with E-state index in [1.807, 2.05) is 116 Å². The number of hydrogen-bond donors (Lipinski definition) is 0. The number of hydrogen-bond acceptors (Lipinski definition) is 16. The molecule has 692 valence electrons. The summed E-state index contributed by atoms with van der Waals surface area (Å²) in [6.45, 7) is 22.9. The van der Waals surface area contributed by atoms with Crippen molar-refractivity contribution in [3.05, 3.63) is 417 Å². The molecule has 0 bridgehead atoms. The Labute approximate surface area is 778 Å². The summed E-state index contributed by atoms with van der Waals surface area (Å²) in [5.74, 6) is 1.92. The van der Waals surface area contributed by atoms with Gasteiger partial charge in [0.15, 0.2) is 11.6 Å². The molecule has 0 aromatic heterocycles. The predicted octanol–water partition coefficient (Wildman–Crippen LogP) is 26.3. The van der Waals surface area contributed by atoms with E-state index in [1.54, 1.807) is 172 Å². The summed E-state index contributed by atoms with van der Waals surface area (Å²) >= 11 is 0. The van der Waals surface area contributed by atoms with Gasteiger partial charge < -0.3 is 18.9 Å². The maximum absolute atomic E-state index is 15.0. The zero-order chi connectivity index (χ0) is 96.7. The van der Waals surface area contributed by atoms with Crippen molar-refractivity contribution in [1.82, 2.24) is 0 Å². The molecule has 26 heteroatoms. The van der Waals surface area contributed by atoms with Gasteiger partial charge >= 0.3 is 12.4 Å². The van der Waals surface area contributed by atoms with Crippen molar-refractivity contribution in [2.45, 2.75) is 148 Å². The largest absolute Gasteiger partial charge is 0.457 e. The first-order valence-corrected chi connectivity index (χ1v) is 48.4. The Kier molecular flexibility index (Phi) is 29.1. The number of halogens is 6. The molecule has 0 fully saturated rings. The molecule has 0 atom stereocenters. The summed E-state index contributed by atoms with van der Waals surface area (Å²) in [5, 5.41) is 0. The van der Waals surface area contributed by atoms with Gasteiger partial charge in [-0.3, -0.25) is 18.0 Å². The maximum Gasteiger partial charge on any atom is 0.411 e. The van der Waals surface area contributed by atoms with E-state index < -0.39 is 68.8 Å². The molecule has 14 rings (SSSR count). The zero-order valence-electron chi connectivity index (χ0n) is 75.4. The molecule has 134 heavy (non-hydrogen) atoms. The summed E-state index contributed by atoms with van der Waals surface area (Å²) < 4.78 is 229. The molecule has 16 nitrogen and oxygen atoms in total. The van der Waals surface area contributed by atoms with Crippen LogP contribution in [0.15, 0.2) is 357 Å². The second kappa shape index (κ2) is 39.6. The smallest absolute Gasteiger partial charge is 0.411 e. The molecule has 0 unspecified atom stereocenters. The molecule has 14 aromatic rings. The van der Waals surface area contributed by atoms with Crippen molar-refractivity contribution < 1.29 is 96.9 Å². The molecule has 14 aromatic carbocycles. The number of rotatable bonds is 30. The van der Waals surface area contributed by atoms with Crippen LogP contribution in [0.3, 0.4) is 0 Å². The SMILES string of the molecule is Cc1ccc(C(=O)c2ccc(Oc3ccc(C(c4ccc(Oc5ccc(C(=O)c6ccc(Cc7ccc(C)c(S(=O)(=O)OCC(C)(C)C)c7)cc6)cc5)cc4)(C(F)(F)F)C(F)(F)F)cc3)cc2)cc1.Cc1ccc(S(=O)(=O)c2ccc(Oc3ccc(C(C)(C)c4ccc(Oc5ccc(S(=O)(=O)c6ccc(Cc7ccc(C)c(S(=O)(=O)OCC(C)(C)C)c7)cc6)cc5)cc4)cc3)cc2)cc1. The topological polar surface area (TPSA) is 226 Å². The third-order valence-corrected chi connectivity index (χ3v) is 28.7. The number of carbonyl (C=O) groups is 2. The maximum atomic E-state index is 15.0. The van der Waals surface area contributed by atoms with Crippen LogP contribution in [0, 0.1) is 38.5 Å². The summed E-state index contributed by atoms with van der Waals surface area (Å²) in [5.41, 5.74) is 2.17. The molecule has 0 aliphatic heterocycles. The van der Waals surface area contributed by atoms with Gasteiger partial charge in [-0.25, -0.2) is 16.8 Å². The van der Waals surface area contributed by atoms with Crippen molar-refractivity contribution >= 4 is 51.5 Å². The highest BCUT2D eigenvalue weighted by Gasteiger charge is 2.72. The molecule has 0 amide bonds. The summed E-state index contributed by atoms with van der Waals surface area (Å²) in [4.78, 5) is 27.1. The first kappa shape index (κ1) is 98.4. The molecular weight excluding hydrogens is 1800 g/mol. The number of ketones is 2. The van der Waals surface area contributed by atoms with Crippen LogP contribution in [0.4, 0.5) is 26.3 Å². The highest BCUT2D eigenvalue weighted by molar-refractivity contribution is 7.92. The predicted molar refractivity (Wildman–Crippen MR) is 503 cm³/mol. The molecule has 0 radical (unpaired) electrons. The molecule has 0 spiro atoms. The Morgan fingerprint density at radius 3 is 0.761 bits per heavy atom. The van der Waals surface area contributed by atoms with E-state index in [9.17, 15) is 69.6 Å². The van der Waals surface area contributed by atoms with E-state index in [2.05, 4.69) is 13.8 Å². The van der Waals surface area contributed by atoms with Crippen LogP contribution in [0.2, 0.25) is 0 Å². The molecule has 0 aliphatic rings. The highest BCUT2D eigenvalue weighted by atomic mass is 32.2. The molecule has 0 aliphatic carbocycles. The van der Waals surface area contributed by atoms with Crippen LogP contribution < -0.4 is 18.9 Å². The number of alkyl halides is 6. The average molecular weight is 1890 g/mol. The quantitative estimate of drug-likeness (QED) is 0.0232. The first-order valence-electron chi connectivity index (χ1n) is 42.6. The molecule has 0 saturated carbocycles. The van der Waals surface area contributed by atoms with Gasteiger partial charge in [0.25, 0.3) is 20.2 Å². The Hall–Kier alpha value is -13.1. The van der Waals surface area contributed by atoms with E-state index in [0.717, 1.165) is 80.9 Å². The van der Waals surface area contributed by atoms with Crippen LogP contribution in [0.25, 0.3) is 0 Å². The van der Waals surface area contributed by atoms with Gasteiger partial charge in [-0.2, -0.15) is 43.2 Å². The van der Waals surface area contributed by atoms with Gasteiger partial charge in [0.1, 0.15) is 46.0 Å². The van der Waals surface area contributed by atoms with Crippen LogP contribution in [0.1, 0.15) is 154 Å². The number of benzene rings is 14. The molecule has 0 heterocycles. The van der Waals surface area contributed by atoms with Gasteiger partial charge in [-0.05, 0) is 289 Å².